The van der Waals surface area contributed by atoms with E-state index < -0.39 is 21.9 Å². The lowest BCUT2D eigenvalue weighted by atomic mass is 10.1. The molecule has 3 aromatic rings. The van der Waals surface area contributed by atoms with Gasteiger partial charge in [-0.25, -0.2) is 18.2 Å². The Morgan fingerprint density at radius 2 is 1.79 bits per heavy atom. The Morgan fingerprint density at radius 3 is 2.43 bits per heavy atom. The van der Waals surface area contributed by atoms with Crippen LogP contribution in [0, 0.1) is 0 Å². The molecule has 1 amide bonds. The van der Waals surface area contributed by atoms with E-state index in [1.54, 1.807) is 17.5 Å². The van der Waals surface area contributed by atoms with Crippen LogP contribution in [0.25, 0.3) is 0 Å². The fraction of sp³-hybridized carbons (Fsp3) is 0.0556. The average molecular weight is 417 g/mol. The molecule has 0 fully saturated rings. The molecule has 0 radical (unpaired) electrons. The molecule has 0 atom stereocenters. The highest BCUT2D eigenvalue weighted by atomic mass is 32.2. The topological polar surface area (TPSA) is 114 Å². The molecule has 1 heterocycles. The zero-order chi connectivity index (χ0) is 20.1. The first kappa shape index (κ1) is 19.5. The quantitative estimate of drug-likeness (QED) is 0.596. The fourth-order valence-electron chi connectivity index (χ4n) is 2.27. The Morgan fingerprint density at radius 1 is 1.07 bits per heavy atom. The molecule has 3 rings (SSSR count). The van der Waals surface area contributed by atoms with Crippen LogP contribution in [0.3, 0.4) is 0 Å². The van der Waals surface area contributed by atoms with Crippen molar-refractivity contribution in [2.45, 2.75) is 4.90 Å². The first-order valence-corrected chi connectivity index (χ1v) is 10.3. The molecule has 0 aliphatic heterocycles. The van der Waals surface area contributed by atoms with Crippen molar-refractivity contribution in [3.05, 3.63) is 71.2 Å². The predicted molar refractivity (Wildman–Crippen MR) is 105 cm³/mol. The SMILES string of the molecule is COC(=O)c1cccc(C(=O)Nc2ccc(S(=O)(=O)Nc3nccs3)cc2)c1. The summed E-state index contributed by atoms with van der Waals surface area (Å²) in [6, 6.07) is 11.8. The van der Waals surface area contributed by atoms with Crippen molar-refractivity contribution in [1.29, 1.82) is 0 Å². The van der Waals surface area contributed by atoms with Crippen molar-refractivity contribution in [3.63, 3.8) is 0 Å². The molecule has 10 heteroatoms. The zero-order valence-electron chi connectivity index (χ0n) is 14.6. The third-order valence-electron chi connectivity index (χ3n) is 3.62. The van der Waals surface area contributed by atoms with Crippen molar-refractivity contribution in [2.24, 2.45) is 0 Å². The smallest absolute Gasteiger partial charge is 0.337 e. The third-order valence-corrected chi connectivity index (χ3v) is 5.79. The summed E-state index contributed by atoms with van der Waals surface area (Å²) in [5, 5.41) is 4.57. The highest BCUT2D eigenvalue weighted by Gasteiger charge is 2.16. The van der Waals surface area contributed by atoms with Gasteiger partial charge in [0.15, 0.2) is 5.13 Å². The fourth-order valence-corrected chi connectivity index (χ4v) is 4.06. The van der Waals surface area contributed by atoms with Crippen LogP contribution in [0.15, 0.2) is 65.0 Å². The maximum Gasteiger partial charge on any atom is 0.337 e. The lowest BCUT2D eigenvalue weighted by Crippen LogP contribution is -2.14. The first-order valence-electron chi connectivity index (χ1n) is 7.91. The number of methoxy groups -OCH3 is 1. The molecule has 144 valence electrons. The molecule has 2 N–H and O–H groups in total. The third kappa shape index (κ3) is 4.53. The number of nitrogens with zero attached hydrogens (tertiary/aromatic N) is 1. The van der Waals surface area contributed by atoms with Gasteiger partial charge in [-0.1, -0.05) is 6.07 Å². The number of carbonyl (C=O) groups excluding carboxylic acids is 2. The maximum atomic E-state index is 12.4. The molecular formula is C18H15N3O5S2. The summed E-state index contributed by atoms with van der Waals surface area (Å²) in [4.78, 5) is 27.9. The molecule has 0 saturated carbocycles. The number of amides is 1. The number of benzene rings is 2. The molecule has 0 unspecified atom stereocenters. The Hall–Kier alpha value is -3.24. The number of anilines is 2. The van der Waals surface area contributed by atoms with Gasteiger partial charge in [0.25, 0.3) is 15.9 Å². The van der Waals surface area contributed by atoms with Crippen LogP contribution in [0.1, 0.15) is 20.7 Å². The first-order chi connectivity index (χ1) is 13.4. The van der Waals surface area contributed by atoms with Crippen LogP contribution >= 0.6 is 11.3 Å². The van der Waals surface area contributed by atoms with E-state index in [9.17, 15) is 18.0 Å². The van der Waals surface area contributed by atoms with E-state index >= 15 is 0 Å². The number of esters is 1. The lowest BCUT2D eigenvalue weighted by Gasteiger charge is -2.08. The van der Waals surface area contributed by atoms with Gasteiger partial charge in [0.05, 0.1) is 17.6 Å². The van der Waals surface area contributed by atoms with Gasteiger partial charge in [-0.2, -0.15) is 0 Å². The summed E-state index contributed by atoms with van der Waals surface area (Å²) in [6.45, 7) is 0. The van der Waals surface area contributed by atoms with E-state index in [0.29, 0.717) is 5.69 Å². The molecule has 0 spiro atoms. The second kappa shape index (κ2) is 8.19. The number of hydrogen-bond donors (Lipinski definition) is 2. The van der Waals surface area contributed by atoms with E-state index in [1.807, 2.05) is 0 Å². The van der Waals surface area contributed by atoms with Gasteiger partial charge in [0.1, 0.15) is 0 Å². The highest BCUT2D eigenvalue weighted by molar-refractivity contribution is 7.93. The van der Waals surface area contributed by atoms with Gasteiger partial charge in [-0.3, -0.25) is 9.52 Å². The van der Waals surface area contributed by atoms with Crippen molar-refractivity contribution >= 4 is 44.1 Å². The Labute approximate surface area is 165 Å². The summed E-state index contributed by atoms with van der Waals surface area (Å²) in [5.74, 6) is -0.987. The number of rotatable bonds is 6. The van der Waals surface area contributed by atoms with E-state index in [1.165, 1.54) is 61.0 Å². The number of hydrogen-bond acceptors (Lipinski definition) is 7. The van der Waals surface area contributed by atoms with Gasteiger partial charge in [-0.05, 0) is 42.5 Å². The highest BCUT2D eigenvalue weighted by Crippen LogP contribution is 2.20. The minimum atomic E-state index is -3.76. The second-order valence-electron chi connectivity index (χ2n) is 5.49. The monoisotopic (exact) mass is 417 g/mol. The average Bonchev–Trinajstić information content (AvgIpc) is 3.20. The summed E-state index contributed by atoms with van der Waals surface area (Å²) >= 11 is 1.17. The van der Waals surface area contributed by atoms with Gasteiger partial charge in [-0.15, -0.1) is 11.3 Å². The molecule has 8 nitrogen and oxygen atoms in total. The van der Waals surface area contributed by atoms with Gasteiger partial charge in [0.2, 0.25) is 0 Å². The molecule has 1 aromatic heterocycles. The number of aromatic nitrogens is 1. The van der Waals surface area contributed by atoms with E-state index in [0.717, 1.165) is 0 Å². The van der Waals surface area contributed by atoms with Crippen molar-refractivity contribution in [2.75, 3.05) is 17.1 Å². The van der Waals surface area contributed by atoms with E-state index in [-0.39, 0.29) is 21.2 Å². The number of carbonyl (C=O) groups is 2. The summed E-state index contributed by atoms with van der Waals surface area (Å²) in [6.07, 6.45) is 1.50. The molecule has 0 aliphatic carbocycles. The summed E-state index contributed by atoms with van der Waals surface area (Å²) in [7, 11) is -2.51. The van der Waals surface area contributed by atoms with Gasteiger partial charge >= 0.3 is 5.97 Å². The maximum absolute atomic E-state index is 12.4. The standard InChI is InChI=1S/C18H15N3O5S2/c1-26-17(23)13-4-2-3-12(11-13)16(22)20-14-5-7-15(8-6-14)28(24,25)21-18-19-9-10-27-18/h2-11H,1H3,(H,19,21)(H,20,22). The van der Waals surface area contributed by atoms with Crippen LogP contribution < -0.4 is 10.0 Å². The van der Waals surface area contributed by atoms with Crippen molar-refractivity contribution in [1.82, 2.24) is 4.98 Å². The Bertz CT molecular complexity index is 1090. The number of sulfonamides is 1. The largest absolute Gasteiger partial charge is 0.465 e. The summed E-state index contributed by atoms with van der Waals surface area (Å²) in [5.41, 5.74) is 0.927. The number of nitrogens with one attached hydrogen (secondary N) is 2. The van der Waals surface area contributed by atoms with Crippen LogP contribution in [0.5, 0.6) is 0 Å². The normalized spacial score (nSPS) is 10.9. The minimum absolute atomic E-state index is 0.0355. The molecule has 0 saturated heterocycles. The van der Waals surface area contributed by atoms with Crippen LogP contribution in [0.4, 0.5) is 10.8 Å². The molecule has 28 heavy (non-hydrogen) atoms. The number of thiazole rings is 1. The molecule has 2 aromatic carbocycles. The minimum Gasteiger partial charge on any atom is -0.465 e. The van der Waals surface area contributed by atoms with Crippen molar-refractivity contribution < 1.29 is 22.7 Å². The molecule has 0 aliphatic rings. The number of ether oxygens (including phenoxy) is 1. The predicted octanol–water partition coefficient (Wildman–Crippen LogP) is 2.98. The van der Waals surface area contributed by atoms with Crippen LogP contribution in [-0.2, 0) is 14.8 Å². The van der Waals surface area contributed by atoms with Crippen molar-refractivity contribution in [3.8, 4) is 0 Å². The van der Waals surface area contributed by atoms with Crippen LogP contribution in [0.2, 0.25) is 0 Å². The Balaban J connectivity index is 1.72. The van der Waals surface area contributed by atoms with E-state index in [4.69, 9.17) is 0 Å². The molecular weight excluding hydrogens is 402 g/mol. The van der Waals surface area contributed by atoms with E-state index in [2.05, 4.69) is 19.8 Å². The molecule has 0 bridgehead atoms. The van der Waals surface area contributed by atoms with Gasteiger partial charge in [0, 0.05) is 22.8 Å². The summed E-state index contributed by atoms with van der Waals surface area (Å²) < 4.78 is 31.6. The van der Waals surface area contributed by atoms with Gasteiger partial charge < -0.3 is 10.1 Å². The lowest BCUT2D eigenvalue weighted by molar-refractivity contribution is 0.0600. The zero-order valence-corrected chi connectivity index (χ0v) is 16.2. The van der Waals surface area contributed by atoms with Crippen LogP contribution in [-0.4, -0.2) is 32.4 Å². The second-order valence-corrected chi connectivity index (χ2v) is 8.07. The Kier molecular flexibility index (Phi) is 5.71.